The van der Waals surface area contributed by atoms with Crippen LogP contribution in [-0.2, 0) is 6.42 Å². The molecule has 0 bridgehead atoms. The molecule has 3 heteroatoms. The molecule has 1 unspecified atom stereocenters. The van der Waals surface area contributed by atoms with Gasteiger partial charge in [-0.25, -0.2) is 0 Å². The van der Waals surface area contributed by atoms with Crippen molar-refractivity contribution >= 4 is 23.2 Å². The second kappa shape index (κ2) is 7.52. The molecule has 1 aliphatic rings. The summed E-state index contributed by atoms with van der Waals surface area (Å²) < 4.78 is 0. The molecule has 1 aromatic rings. The molecule has 0 amide bonds. The first-order chi connectivity index (χ1) is 9.20. The SMILES string of the molecule is CCCNC(Cc1ccc(Cl)c(Cl)c1)C1CCCC1. The first kappa shape index (κ1) is 15.2. The lowest BCUT2D eigenvalue weighted by Crippen LogP contribution is -2.37. The van der Waals surface area contributed by atoms with Gasteiger partial charge in [0, 0.05) is 6.04 Å². The largest absolute Gasteiger partial charge is 0.313 e. The van der Waals surface area contributed by atoms with Crippen LogP contribution >= 0.6 is 23.2 Å². The van der Waals surface area contributed by atoms with Crippen molar-refractivity contribution in [3.63, 3.8) is 0 Å². The van der Waals surface area contributed by atoms with Crippen LogP contribution in [0.15, 0.2) is 18.2 Å². The van der Waals surface area contributed by atoms with Crippen LogP contribution in [0.2, 0.25) is 10.0 Å². The maximum Gasteiger partial charge on any atom is 0.0595 e. The summed E-state index contributed by atoms with van der Waals surface area (Å²) in [6.45, 7) is 3.32. The van der Waals surface area contributed by atoms with Gasteiger partial charge in [-0.05, 0) is 55.8 Å². The lowest BCUT2D eigenvalue weighted by Gasteiger charge is -2.25. The Labute approximate surface area is 126 Å². The van der Waals surface area contributed by atoms with Crippen LogP contribution in [0, 0.1) is 5.92 Å². The summed E-state index contributed by atoms with van der Waals surface area (Å²) in [5.74, 6) is 0.820. The van der Waals surface area contributed by atoms with Crippen LogP contribution in [0.1, 0.15) is 44.6 Å². The van der Waals surface area contributed by atoms with Crippen molar-refractivity contribution < 1.29 is 0 Å². The van der Waals surface area contributed by atoms with E-state index in [9.17, 15) is 0 Å². The van der Waals surface area contributed by atoms with Gasteiger partial charge in [-0.1, -0.05) is 49.0 Å². The zero-order valence-electron chi connectivity index (χ0n) is 11.6. The Kier molecular flexibility index (Phi) is 6.00. The van der Waals surface area contributed by atoms with E-state index in [4.69, 9.17) is 23.2 Å². The summed E-state index contributed by atoms with van der Waals surface area (Å²) in [7, 11) is 0. The molecule has 1 aromatic carbocycles. The smallest absolute Gasteiger partial charge is 0.0595 e. The average Bonchev–Trinajstić information content (AvgIpc) is 2.92. The molecule has 0 heterocycles. The highest BCUT2D eigenvalue weighted by Crippen LogP contribution is 2.30. The fourth-order valence-electron chi connectivity index (χ4n) is 3.02. The molecule has 0 aromatic heterocycles. The van der Waals surface area contributed by atoms with Crippen LogP contribution < -0.4 is 5.32 Å². The number of hydrogen-bond donors (Lipinski definition) is 1. The molecule has 1 fully saturated rings. The Balaban J connectivity index is 2.03. The molecule has 19 heavy (non-hydrogen) atoms. The first-order valence-corrected chi connectivity index (χ1v) is 8.13. The van der Waals surface area contributed by atoms with E-state index < -0.39 is 0 Å². The summed E-state index contributed by atoms with van der Waals surface area (Å²) in [5.41, 5.74) is 1.29. The highest BCUT2D eigenvalue weighted by molar-refractivity contribution is 6.42. The molecule has 1 nitrogen and oxygen atoms in total. The molecule has 1 N–H and O–H groups in total. The second-order valence-corrected chi connectivity index (χ2v) is 6.37. The summed E-state index contributed by atoms with van der Waals surface area (Å²) in [6.07, 6.45) is 7.74. The van der Waals surface area contributed by atoms with Crippen molar-refractivity contribution in [1.29, 1.82) is 0 Å². The minimum Gasteiger partial charge on any atom is -0.313 e. The summed E-state index contributed by atoms with van der Waals surface area (Å²) in [6, 6.07) is 6.60. The zero-order valence-corrected chi connectivity index (χ0v) is 13.1. The van der Waals surface area contributed by atoms with Gasteiger partial charge in [0.25, 0.3) is 0 Å². The molecule has 0 saturated heterocycles. The molecule has 0 spiro atoms. The topological polar surface area (TPSA) is 12.0 Å². The Bertz CT molecular complexity index is 400. The number of rotatable bonds is 6. The van der Waals surface area contributed by atoms with E-state index in [1.807, 2.05) is 12.1 Å². The third-order valence-corrected chi connectivity index (χ3v) is 4.80. The lowest BCUT2D eigenvalue weighted by atomic mass is 9.92. The molecule has 1 atom stereocenters. The molecule has 0 radical (unpaired) electrons. The number of nitrogens with one attached hydrogen (secondary N) is 1. The van der Waals surface area contributed by atoms with E-state index in [-0.39, 0.29) is 0 Å². The van der Waals surface area contributed by atoms with E-state index in [1.165, 1.54) is 37.7 Å². The third-order valence-electron chi connectivity index (χ3n) is 4.07. The highest BCUT2D eigenvalue weighted by atomic mass is 35.5. The summed E-state index contributed by atoms with van der Waals surface area (Å²) in [5, 5.41) is 5.03. The average molecular weight is 300 g/mol. The van der Waals surface area contributed by atoms with Gasteiger partial charge in [0.15, 0.2) is 0 Å². The predicted molar refractivity (Wildman–Crippen MR) is 84.2 cm³/mol. The third kappa shape index (κ3) is 4.37. The monoisotopic (exact) mass is 299 g/mol. The van der Waals surface area contributed by atoms with Crippen molar-refractivity contribution in [3.05, 3.63) is 33.8 Å². The summed E-state index contributed by atoms with van der Waals surface area (Å²) >= 11 is 12.1. The standard InChI is InChI=1S/C16H23Cl2N/c1-2-9-19-16(13-5-3-4-6-13)11-12-7-8-14(17)15(18)10-12/h7-8,10,13,16,19H,2-6,9,11H2,1H3. The van der Waals surface area contributed by atoms with Crippen LogP contribution in [-0.4, -0.2) is 12.6 Å². The van der Waals surface area contributed by atoms with Crippen molar-refractivity contribution in [3.8, 4) is 0 Å². The molecular formula is C16H23Cl2N. The number of halogens is 2. The van der Waals surface area contributed by atoms with Crippen molar-refractivity contribution in [2.75, 3.05) is 6.54 Å². The van der Waals surface area contributed by atoms with Crippen molar-refractivity contribution in [1.82, 2.24) is 5.32 Å². The molecule has 106 valence electrons. The first-order valence-electron chi connectivity index (χ1n) is 7.38. The number of hydrogen-bond acceptors (Lipinski definition) is 1. The van der Waals surface area contributed by atoms with Crippen LogP contribution in [0.25, 0.3) is 0 Å². The zero-order chi connectivity index (χ0) is 13.7. The fraction of sp³-hybridized carbons (Fsp3) is 0.625. The summed E-state index contributed by atoms with van der Waals surface area (Å²) in [4.78, 5) is 0. The Morgan fingerprint density at radius 3 is 2.58 bits per heavy atom. The normalized spacial score (nSPS) is 17.8. The van der Waals surface area contributed by atoms with Crippen LogP contribution in [0.4, 0.5) is 0 Å². The van der Waals surface area contributed by atoms with Gasteiger partial charge in [-0.15, -0.1) is 0 Å². The predicted octanol–water partition coefficient (Wildman–Crippen LogP) is 5.09. The van der Waals surface area contributed by atoms with E-state index in [0.29, 0.717) is 16.1 Å². The van der Waals surface area contributed by atoms with Gasteiger partial charge < -0.3 is 5.32 Å². The maximum atomic E-state index is 6.11. The van der Waals surface area contributed by atoms with Crippen LogP contribution in [0.5, 0.6) is 0 Å². The van der Waals surface area contributed by atoms with Gasteiger partial charge >= 0.3 is 0 Å². The van der Waals surface area contributed by atoms with Gasteiger partial charge in [0.1, 0.15) is 0 Å². The second-order valence-electron chi connectivity index (χ2n) is 5.56. The molecular weight excluding hydrogens is 277 g/mol. The molecule has 1 saturated carbocycles. The molecule has 2 rings (SSSR count). The molecule has 1 aliphatic carbocycles. The van der Waals surface area contributed by atoms with Crippen molar-refractivity contribution in [2.45, 2.75) is 51.5 Å². The maximum absolute atomic E-state index is 6.11. The van der Waals surface area contributed by atoms with Gasteiger partial charge in [-0.2, -0.15) is 0 Å². The lowest BCUT2D eigenvalue weighted by molar-refractivity contribution is 0.356. The van der Waals surface area contributed by atoms with Crippen LogP contribution in [0.3, 0.4) is 0 Å². The Morgan fingerprint density at radius 1 is 1.21 bits per heavy atom. The number of benzene rings is 1. The van der Waals surface area contributed by atoms with E-state index >= 15 is 0 Å². The quantitative estimate of drug-likeness (QED) is 0.771. The Morgan fingerprint density at radius 2 is 1.95 bits per heavy atom. The van der Waals surface area contributed by atoms with E-state index in [1.54, 1.807) is 0 Å². The Hall–Kier alpha value is -0.240. The molecule has 0 aliphatic heterocycles. The van der Waals surface area contributed by atoms with E-state index in [0.717, 1.165) is 18.9 Å². The van der Waals surface area contributed by atoms with E-state index in [2.05, 4.69) is 18.3 Å². The highest BCUT2D eigenvalue weighted by Gasteiger charge is 2.24. The van der Waals surface area contributed by atoms with Gasteiger partial charge in [0.2, 0.25) is 0 Å². The van der Waals surface area contributed by atoms with Crippen molar-refractivity contribution in [2.24, 2.45) is 5.92 Å². The fourth-order valence-corrected chi connectivity index (χ4v) is 3.34. The van der Waals surface area contributed by atoms with Gasteiger partial charge in [-0.3, -0.25) is 0 Å². The minimum atomic E-state index is 0.583. The minimum absolute atomic E-state index is 0.583. The van der Waals surface area contributed by atoms with Gasteiger partial charge in [0.05, 0.1) is 10.0 Å².